The fourth-order valence-electron chi connectivity index (χ4n) is 5.21. The molecular weight excluding hydrogens is 530 g/mol. The summed E-state index contributed by atoms with van der Waals surface area (Å²) in [5.41, 5.74) is 8.63. The molecule has 4 heterocycles. The van der Waals surface area contributed by atoms with E-state index in [1.165, 1.54) is 6.33 Å². The fourth-order valence-corrected chi connectivity index (χ4v) is 5.62. The predicted octanol–water partition coefficient (Wildman–Crippen LogP) is 7.82. The number of anilines is 3. The second-order valence-electron chi connectivity index (χ2n) is 9.94. The third kappa shape index (κ3) is 4.60. The summed E-state index contributed by atoms with van der Waals surface area (Å²) in [5, 5.41) is 7.36. The molecule has 202 valence electrons. The summed E-state index contributed by atoms with van der Waals surface area (Å²) in [7, 11) is 0. The van der Waals surface area contributed by atoms with E-state index in [-0.39, 0.29) is 6.04 Å². The molecule has 0 aliphatic carbocycles. The number of halogens is 1. The van der Waals surface area contributed by atoms with Crippen LogP contribution in [-0.2, 0) is 0 Å². The van der Waals surface area contributed by atoms with Gasteiger partial charge in [0.1, 0.15) is 18.0 Å². The molecule has 0 unspecified atom stereocenters. The smallest absolute Gasteiger partial charge is 0.154 e. The second-order valence-corrected chi connectivity index (χ2v) is 10.3. The molecule has 4 aromatic rings. The Morgan fingerprint density at radius 2 is 1.68 bits per heavy atom. The first-order valence-electron chi connectivity index (χ1n) is 13.1. The zero-order valence-corrected chi connectivity index (χ0v) is 23.6. The van der Waals surface area contributed by atoms with Gasteiger partial charge in [0.05, 0.1) is 22.3 Å². The van der Waals surface area contributed by atoms with Crippen LogP contribution < -0.4 is 15.5 Å². The Labute approximate surface area is 244 Å². The summed E-state index contributed by atoms with van der Waals surface area (Å²) in [6, 6.07) is 15.9. The molecule has 0 fully saturated rings. The Bertz CT molecular complexity index is 1770. The Kier molecular flexibility index (Phi) is 6.73. The minimum Gasteiger partial charge on any atom is -0.361 e. The van der Waals surface area contributed by atoms with Crippen molar-refractivity contribution in [3.05, 3.63) is 127 Å². The van der Waals surface area contributed by atoms with Gasteiger partial charge in [0, 0.05) is 46.7 Å². The largest absolute Gasteiger partial charge is 0.361 e. The van der Waals surface area contributed by atoms with Gasteiger partial charge < -0.3 is 15.5 Å². The average molecular weight is 558 g/mol. The molecule has 7 nitrogen and oxygen atoms in total. The summed E-state index contributed by atoms with van der Waals surface area (Å²) in [5.74, 6) is 1.98. The normalized spacial score (nSPS) is 14.8. The molecule has 0 saturated heterocycles. The van der Waals surface area contributed by atoms with Crippen LogP contribution in [0.15, 0.2) is 105 Å². The van der Waals surface area contributed by atoms with E-state index in [2.05, 4.69) is 62.1 Å². The molecule has 2 aromatic heterocycles. The lowest BCUT2D eigenvalue weighted by Gasteiger charge is -2.39. The van der Waals surface area contributed by atoms with E-state index in [4.69, 9.17) is 11.6 Å². The topological polar surface area (TPSA) is 78.9 Å². The minimum absolute atomic E-state index is 0.271. The number of para-hydroxylation sites is 1. The Morgan fingerprint density at radius 3 is 2.41 bits per heavy atom. The van der Waals surface area contributed by atoms with Crippen LogP contribution in [0.1, 0.15) is 36.4 Å². The van der Waals surface area contributed by atoms with E-state index < -0.39 is 0 Å². The van der Waals surface area contributed by atoms with Crippen LogP contribution in [0.5, 0.6) is 0 Å². The van der Waals surface area contributed by atoms with Gasteiger partial charge in [-0.25, -0.2) is 19.9 Å². The van der Waals surface area contributed by atoms with Crippen molar-refractivity contribution < 1.29 is 0 Å². The zero-order chi connectivity index (χ0) is 28.7. The maximum Gasteiger partial charge on any atom is 0.154 e. The van der Waals surface area contributed by atoms with Crippen LogP contribution in [0, 0.1) is 0 Å². The average Bonchev–Trinajstić information content (AvgIpc) is 2.99. The van der Waals surface area contributed by atoms with Gasteiger partial charge in [-0.1, -0.05) is 67.7 Å². The van der Waals surface area contributed by atoms with E-state index in [1.54, 1.807) is 0 Å². The summed E-state index contributed by atoms with van der Waals surface area (Å²) < 4.78 is 0. The molecule has 2 aromatic carbocycles. The molecule has 0 radical (unpaired) electrons. The summed E-state index contributed by atoms with van der Waals surface area (Å²) in [6.45, 7) is 16.7. The highest BCUT2D eigenvalue weighted by molar-refractivity contribution is 6.50. The molecule has 0 spiro atoms. The van der Waals surface area contributed by atoms with Crippen LogP contribution >= 0.6 is 11.6 Å². The van der Waals surface area contributed by atoms with Crippen LogP contribution in [0.3, 0.4) is 0 Å². The SMILES string of the molecule is C=C(C)c1ncc(-c2cccc3c2C(=C)N(c2ccccc2)C([C@H](C)Nc2ncnc4c2C(=C)C=CN4)=C3Cl)cn1. The number of aromatic nitrogens is 4. The van der Waals surface area contributed by atoms with E-state index in [9.17, 15) is 0 Å². The Balaban J connectivity index is 1.50. The van der Waals surface area contributed by atoms with Crippen molar-refractivity contribution in [2.75, 3.05) is 15.5 Å². The summed E-state index contributed by atoms with van der Waals surface area (Å²) in [4.78, 5) is 20.1. The standard InChI is InChI=1S/C33H28ClN7/c1-19(2)31-36-16-23(17-37-31)25-12-9-13-26-28(25)22(5)41(24-10-7-6-8-11-24)30(29(26)34)21(4)40-33-27-20(3)14-15-35-32(27)38-18-39-33/h6-18,21H,1,3,5H2,2,4H3,(H2,35,38,39,40)/t21-/m0/s1. The molecule has 41 heavy (non-hydrogen) atoms. The number of nitrogens with one attached hydrogen (secondary N) is 2. The van der Waals surface area contributed by atoms with Crippen molar-refractivity contribution in [2.24, 2.45) is 0 Å². The molecule has 0 bridgehead atoms. The molecule has 2 N–H and O–H groups in total. The van der Waals surface area contributed by atoms with E-state index >= 15 is 0 Å². The van der Waals surface area contributed by atoms with Crippen LogP contribution in [0.25, 0.3) is 33.0 Å². The lowest BCUT2D eigenvalue weighted by Crippen LogP contribution is -2.35. The number of benzene rings is 2. The molecule has 0 saturated carbocycles. The molecule has 0 amide bonds. The van der Waals surface area contributed by atoms with Gasteiger partial charge in [-0.2, -0.15) is 0 Å². The number of allylic oxidation sites excluding steroid dienone is 3. The number of rotatable bonds is 6. The van der Waals surface area contributed by atoms with Crippen molar-refractivity contribution in [3.8, 4) is 11.1 Å². The first-order valence-corrected chi connectivity index (χ1v) is 13.5. The van der Waals surface area contributed by atoms with Crippen LogP contribution in [-0.4, -0.2) is 26.0 Å². The molecule has 8 heteroatoms. The number of nitrogens with zero attached hydrogens (tertiary/aromatic N) is 5. The lowest BCUT2D eigenvalue weighted by molar-refractivity contribution is 0.878. The maximum atomic E-state index is 7.32. The van der Waals surface area contributed by atoms with Gasteiger partial charge in [0.15, 0.2) is 5.82 Å². The van der Waals surface area contributed by atoms with Gasteiger partial charge in [0.25, 0.3) is 0 Å². The molecule has 2 aliphatic rings. The van der Waals surface area contributed by atoms with Crippen molar-refractivity contribution in [2.45, 2.75) is 19.9 Å². The van der Waals surface area contributed by atoms with Crippen LogP contribution in [0.2, 0.25) is 0 Å². The molecular formula is C33H28ClN7. The Hall–Kier alpha value is -5.01. The number of fused-ring (bicyclic) bond motifs is 2. The van der Waals surface area contributed by atoms with Gasteiger partial charge in [0.2, 0.25) is 0 Å². The second kappa shape index (κ2) is 10.5. The third-order valence-electron chi connectivity index (χ3n) is 7.12. The van der Waals surface area contributed by atoms with E-state index in [0.29, 0.717) is 22.5 Å². The maximum absolute atomic E-state index is 7.32. The highest BCUT2D eigenvalue weighted by Crippen LogP contribution is 2.47. The number of hydrogen-bond donors (Lipinski definition) is 2. The highest BCUT2D eigenvalue weighted by Gasteiger charge is 2.34. The highest BCUT2D eigenvalue weighted by atomic mass is 35.5. The number of hydrogen-bond acceptors (Lipinski definition) is 7. The third-order valence-corrected chi connectivity index (χ3v) is 7.52. The molecule has 1 atom stereocenters. The van der Waals surface area contributed by atoms with Gasteiger partial charge in [-0.3, -0.25) is 0 Å². The van der Waals surface area contributed by atoms with Crippen molar-refractivity contribution in [1.82, 2.24) is 19.9 Å². The first kappa shape index (κ1) is 26.2. The molecule has 2 aliphatic heterocycles. The van der Waals surface area contributed by atoms with Gasteiger partial charge >= 0.3 is 0 Å². The lowest BCUT2D eigenvalue weighted by atomic mass is 9.89. The van der Waals surface area contributed by atoms with Gasteiger partial charge in [-0.15, -0.1) is 0 Å². The first-order chi connectivity index (χ1) is 19.8. The summed E-state index contributed by atoms with van der Waals surface area (Å²) >= 11 is 7.32. The molecule has 6 rings (SSSR count). The van der Waals surface area contributed by atoms with E-state index in [0.717, 1.165) is 56.0 Å². The monoisotopic (exact) mass is 557 g/mol. The Morgan fingerprint density at radius 1 is 0.951 bits per heavy atom. The van der Waals surface area contributed by atoms with E-state index in [1.807, 2.05) is 80.1 Å². The van der Waals surface area contributed by atoms with Crippen molar-refractivity contribution >= 4 is 50.8 Å². The van der Waals surface area contributed by atoms with Crippen LogP contribution in [0.4, 0.5) is 17.3 Å². The summed E-state index contributed by atoms with van der Waals surface area (Å²) in [6.07, 6.45) is 8.88. The fraction of sp³-hybridized carbons (Fsp3) is 0.0909. The quantitative estimate of drug-likeness (QED) is 0.250. The van der Waals surface area contributed by atoms with Crippen molar-refractivity contribution in [3.63, 3.8) is 0 Å². The zero-order valence-electron chi connectivity index (χ0n) is 22.8. The van der Waals surface area contributed by atoms with Gasteiger partial charge in [-0.05, 0) is 48.8 Å². The van der Waals surface area contributed by atoms with Crippen molar-refractivity contribution in [1.29, 1.82) is 0 Å². The minimum atomic E-state index is -0.271. The predicted molar refractivity (Wildman–Crippen MR) is 170 cm³/mol.